The number of carbonyl (C=O) groups is 6. The first kappa shape index (κ1) is 43.1. The number of fused-ring (bicyclic) bond motifs is 2. The van der Waals surface area contributed by atoms with Gasteiger partial charge in [0.25, 0.3) is 22.3 Å². The Morgan fingerprint density at radius 2 is 0.983 bits per heavy atom. The summed E-state index contributed by atoms with van der Waals surface area (Å²) in [6.45, 7) is 0.659. The SMILES string of the molecule is O=C(CCCCCN1C(=O)/C(=C2\SC(=S)N(CCCCCC(=O)NNC(=O)CSc3nc4ccccc4o3)C2=O)SC1=S)NNC(=O)CSc1nc2ccccc2o1. The summed E-state index contributed by atoms with van der Waals surface area (Å²) >= 11 is 15.3. The van der Waals surface area contributed by atoms with Crippen molar-refractivity contribution in [3.05, 3.63) is 58.3 Å². The van der Waals surface area contributed by atoms with Crippen molar-refractivity contribution >= 4 is 138 Å². The second kappa shape index (κ2) is 21.0. The molecule has 2 aromatic heterocycles. The molecule has 4 aromatic rings. The van der Waals surface area contributed by atoms with Crippen molar-refractivity contribution in [1.82, 2.24) is 41.5 Å². The average Bonchev–Trinajstić information content (AvgIpc) is 3.97. The van der Waals surface area contributed by atoms with E-state index >= 15 is 0 Å². The quantitative estimate of drug-likeness (QED) is 0.0333. The lowest BCUT2D eigenvalue weighted by atomic mass is 10.2. The van der Waals surface area contributed by atoms with Crippen LogP contribution in [0.25, 0.3) is 22.2 Å². The summed E-state index contributed by atoms with van der Waals surface area (Å²) in [4.78, 5) is 87.4. The number of thiocarbonyl (C=S) groups is 2. The lowest BCUT2D eigenvalue weighted by molar-refractivity contribution is -0.127. The summed E-state index contributed by atoms with van der Waals surface area (Å²) in [6, 6.07) is 14.6. The molecule has 0 unspecified atom stereocenters. The molecule has 2 saturated heterocycles. The number of hydrogen-bond acceptors (Lipinski definition) is 16. The van der Waals surface area contributed by atoms with E-state index in [1.807, 2.05) is 36.4 Å². The molecule has 58 heavy (non-hydrogen) atoms. The Morgan fingerprint density at radius 1 is 0.586 bits per heavy atom. The number of carbonyl (C=O) groups excluding carboxylic acids is 6. The molecule has 2 aliphatic heterocycles. The Labute approximate surface area is 359 Å². The van der Waals surface area contributed by atoms with E-state index in [1.165, 1.54) is 9.80 Å². The maximum absolute atomic E-state index is 13.3. The van der Waals surface area contributed by atoms with Crippen LogP contribution in [0.5, 0.6) is 0 Å². The summed E-state index contributed by atoms with van der Waals surface area (Å²) < 4.78 is 11.8. The third-order valence-electron chi connectivity index (χ3n) is 8.36. The summed E-state index contributed by atoms with van der Waals surface area (Å²) in [5, 5.41) is 0.720. The van der Waals surface area contributed by atoms with Crippen molar-refractivity contribution in [2.45, 2.75) is 61.8 Å². The van der Waals surface area contributed by atoms with Gasteiger partial charge >= 0.3 is 0 Å². The second-order valence-corrected chi connectivity index (χ2v) is 17.7. The third kappa shape index (κ3) is 11.8. The standard InChI is InChI=1S/C36H36N8O8S6/c45-25(39-41-27(47)19-55-33-37-21-11-5-7-13-23(21)51-33)15-3-1-9-17-43-31(49)29(57-35(43)53)30-32(50)44(36(54)58-30)18-10-2-4-16-26(46)40-42-28(48)20-56-34-38-22-12-6-8-14-24(22)52-34/h5-8,11-14H,1-4,9-10,15-20H2,(H,39,45)(H,40,46)(H,41,47)(H,42,48)/b30-29+. The molecule has 2 aliphatic rings. The van der Waals surface area contributed by atoms with Crippen molar-refractivity contribution in [2.75, 3.05) is 24.6 Å². The van der Waals surface area contributed by atoms with Gasteiger partial charge in [-0.1, -0.05) is 109 Å². The zero-order valence-electron chi connectivity index (χ0n) is 30.6. The topological polar surface area (TPSA) is 209 Å². The highest BCUT2D eigenvalue weighted by molar-refractivity contribution is 8.29. The molecule has 0 aliphatic carbocycles. The van der Waals surface area contributed by atoms with Gasteiger partial charge in [-0.15, -0.1) is 0 Å². The summed E-state index contributed by atoms with van der Waals surface area (Å²) in [5.74, 6) is -2.17. The van der Waals surface area contributed by atoms with Crippen molar-refractivity contribution in [1.29, 1.82) is 0 Å². The van der Waals surface area contributed by atoms with Crippen molar-refractivity contribution < 1.29 is 37.6 Å². The number of nitrogens with one attached hydrogen (secondary N) is 4. The molecule has 2 fully saturated rings. The third-order valence-corrected chi connectivity index (χ3v) is 13.0. The molecule has 0 saturated carbocycles. The van der Waals surface area contributed by atoms with E-state index in [0.29, 0.717) is 92.9 Å². The lowest BCUT2D eigenvalue weighted by Crippen LogP contribution is -2.42. The Morgan fingerprint density at radius 3 is 1.40 bits per heavy atom. The molecule has 6 rings (SSSR count). The number of oxazole rings is 2. The minimum atomic E-state index is -0.404. The predicted octanol–water partition coefficient (Wildman–Crippen LogP) is 5.20. The fourth-order valence-corrected chi connectivity index (χ4v) is 9.52. The van der Waals surface area contributed by atoms with Crippen molar-refractivity contribution in [3.63, 3.8) is 0 Å². The van der Waals surface area contributed by atoms with Crippen LogP contribution < -0.4 is 21.7 Å². The molecule has 4 N–H and O–H groups in total. The number of hydrogen-bond donors (Lipinski definition) is 4. The number of rotatable bonds is 18. The summed E-state index contributed by atoms with van der Waals surface area (Å²) in [7, 11) is 0. The Bertz CT molecular complexity index is 2060. The van der Waals surface area contributed by atoms with E-state index in [2.05, 4.69) is 31.7 Å². The van der Waals surface area contributed by atoms with Gasteiger partial charge in [0.2, 0.25) is 23.6 Å². The number of unbranched alkanes of at least 4 members (excludes halogenated alkanes) is 4. The highest BCUT2D eigenvalue weighted by atomic mass is 32.2. The van der Waals surface area contributed by atoms with E-state index < -0.39 is 11.8 Å². The van der Waals surface area contributed by atoms with E-state index in [-0.39, 0.29) is 57.8 Å². The van der Waals surface area contributed by atoms with Crippen LogP contribution in [-0.2, 0) is 28.8 Å². The van der Waals surface area contributed by atoms with Crippen LogP contribution in [-0.4, -0.2) is 88.4 Å². The molecule has 0 bridgehead atoms. The highest BCUT2D eigenvalue weighted by Crippen LogP contribution is 2.42. The highest BCUT2D eigenvalue weighted by Gasteiger charge is 2.41. The van der Waals surface area contributed by atoms with E-state index in [4.69, 9.17) is 33.3 Å². The molecule has 6 amide bonds. The van der Waals surface area contributed by atoms with Gasteiger partial charge in [0.15, 0.2) is 11.2 Å². The lowest BCUT2D eigenvalue weighted by Gasteiger charge is -2.14. The smallest absolute Gasteiger partial charge is 0.267 e. The first-order valence-electron chi connectivity index (χ1n) is 18.0. The Kier molecular flexibility index (Phi) is 15.6. The number of para-hydroxylation sites is 4. The fourth-order valence-electron chi connectivity index (χ4n) is 5.48. The van der Waals surface area contributed by atoms with Crippen molar-refractivity contribution in [3.8, 4) is 0 Å². The Balaban J connectivity index is 0.818. The van der Waals surface area contributed by atoms with E-state index in [1.54, 1.807) is 12.1 Å². The average molecular weight is 901 g/mol. The van der Waals surface area contributed by atoms with Gasteiger partial charge in [-0.2, -0.15) is 0 Å². The van der Waals surface area contributed by atoms with Gasteiger partial charge in [-0.05, 0) is 49.9 Å². The predicted molar refractivity (Wildman–Crippen MR) is 230 cm³/mol. The number of thioether (sulfide) groups is 4. The van der Waals surface area contributed by atoms with Gasteiger partial charge in [0.1, 0.15) is 19.7 Å². The zero-order chi connectivity index (χ0) is 41.0. The van der Waals surface area contributed by atoms with Crippen LogP contribution in [0.4, 0.5) is 0 Å². The molecule has 2 aromatic carbocycles. The second-order valence-electron chi connectivity index (χ2n) is 12.6. The summed E-state index contributed by atoms with van der Waals surface area (Å²) in [6.07, 6.45) is 3.80. The molecular formula is C36H36N8O8S6. The van der Waals surface area contributed by atoms with Gasteiger partial charge in [0, 0.05) is 25.9 Å². The van der Waals surface area contributed by atoms with E-state index in [0.717, 1.165) is 47.0 Å². The van der Waals surface area contributed by atoms with Crippen LogP contribution in [0.1, 0.15) is 51.4 Å². The number of benzene rings is 2. The van der Waals surface area contributed by atoms with Crippen molar-refractivity contribution in [2.24, 2.45) is 0 Å². The minimum absolute atomic E-state index is 0.0126. The molecule has 304 valence electrons. The van der Waals surface area contributed by atoms with Gasteiger partial charge < -0.3 is 8.83 Å². The number of aromatic nitrogens is 2. The zero-order valence-corrected chi connectivity index (χ0v) is 35.5. The van der Waals surface area contributed by atoms with E-state index in [9.17, 15) is 28.8 Å². The molecule has 16 nitrogen and oxygen atoms in total. The number of nitrogens with zero attached hydrogens (tertiary/aromatic N) is 4. The molecule has 0 spiro atoms. The molecular weight excluding hydrogens is 865 g/mol. The van der Waals surface area contributed by atoms with Crippen LogP contribution in [0, 0.1) is 0 Å². The fraction of sp³-hybridized carbons (Fsp3) is 0.333. The maximum Gasteiger partial charge on any atom is 0.267 e. The minimum Gasteiger partial charge on any atom is -0.431 e. The van der Waals surface area contributed by atoms with Gasteiger partial charge in [-0.3, -0.25) is 60.3 Å². The van der Waals surface area contributed by atoms with Crippen LogP contribution in [0.2, 0.25) is 0 Å². The molecule has 4 heterocycles. The first-order valence-corrected chi connectivity index (χ1v) is 22.4. The molecule has 0 radical (unpaired) electrons. The largest absolute Gasteiger partial charge is 0.431 e. The number of amides is 6. The molecule has 0 atom stereocenters. The van der Waals surface area contributed by atoms with Crippen LogP contribution in [0.15, 0.2) is 77.6 Å². The normalized spacial score (nSPS) is 15.5. The summed E-state index contributed by atoms with van der Waals surface area (Å²) in [5.41, 5.74) is 12.2. The molecule has 22 heteroatoms. The van der Waals surface area contributed by atoms with Crippen LogP contribution in [0.3, 0.4) is 0 Å². The monoisotopic (exact) mass is 900 g/mol. The van der Waals surface area contributed by atoms with Gasteiger partial charge in [-0.25, -0.2) is 9.97 Å². The first-order chi connectivity index (χ1) is 28.0. The van der Waals surface area contributed by atoms with Gasteiger partial charge in [0.05, 0.1) is 21.3 Å². The van der Waals surface area contributed by atoms with Crippen LogP contribution >= 0.6 is 71.5 Å². The number of hydrazine groups is 2. The maximum atomic E-state index is 13.3. The Hall–Kier alpha value is -4.48.